The van der Waals surface area contributed by atoms with E-state index in [1.165, 1.54) is 5.56 Å². The van der Waals surface area contributed by atoms with E-state index in [0.717, 1.165) is 31.6 Å². The number of piperazine rings is 1. The van der Waals surface area contributed by atoms with Crippen LogP contribution in [0.5, 0.6) is 0 Å². The molecular formula is C21H22ClN3O. The number of nitriles is 1. The van der Waals surface area contributed by atoms with Crippen LogP contribution in [0, 0.1) is 11.3 Å². The van der Waals surface area contributed by atoms with Crippen LogP contribution in [0.25, 0.3) is 0 Å². The minimum Gasteiger partial charge on any atom is -0.367 e. The molecule has 0 bridgehead atoms. The summed E-state index contributed by atoms with van der Waals surface area (Å²) in [4.78, 5) is 16.5. The zero-order chi connectivity index (χ0) is 18.4. The molecule has 0 aromatic heterocycles. The van der Waals surface area contributed by atoms with Crippen LogP contribution in [0.1, 0.15) is 24.0 Å². The summed E-state index contributed by atoms with van der Waals surface area (Å²) >= 11 is 5.97. The highest BCUT2D eigenvalue weighted by molar-refractivity contribution is 6.30. The fourth-order valence-corrected chi connectivity index (χ4v) is 3.49. The third-order valence-electron chi connectivity index (χ3n) is 4.75. The standard InChI is InChI=1S/C21H22ClN3O/c22-19-9-10-20(18(15-19)16-23)24-11-13-25(14-12-24)21(26)8-4-7-17-5-2-1-3-6-17/h1-3,5-6,9-10,15H,4,7-8,11-14H2. The van der Waals surface area contributed by atoms with Crippen molar-refractivity contribution in [3.8, 4) is 6.07 Å². The number of aryl methyl sites for hydroxylation is 1. The van der Waals surface area contributed by atoms with E-state index in [-0.39, 0.29) is 5.91 Å². The molecule has 0 N–H and O–H groups in total. The molecule has 0 saturated carbocycles. The molecule has 0 atom stereocenters. The van der Waals surface area contributed by atoms with Crippen LogP contribution in [-0.4, -0.2) is 37.0 Å². The third kappa shape index (κ3) is 4.56. The molecule has 134 valence electrons. The number of halogens is 1. The fourth-order valence-electron chi connectivity index (χ4n) is 3.32. The van der Waals surface area contributed by atoms with Crippen molar-refractivity contribution in [3.05, 3.63) is 64.7 Å². The van der Waals surface area contributed by atoms with E-state index < -0.39 is 0 Å². The summed E-state index contributed by atoms with van der Waals surface area (Å²) in [5.41, 5.74) is 2.75. The molecular weight excluding hydrogens is 346 g/mol. The SMILES string of the molecule is N#Cc1cc(Cl)ccc1N1CCN(C(=O)CCCc2ccccc2)CC1. The average molecular weight is 368 g/mol. The van der Waals surface area contributed by atoms with Crippen molar-refractivity contribution in [2.75, 3.05) is 31.1 Å². The largest absolute Gasteiger partial charge is 0.367 e. The molecule has 0 radical (unpaired) electrons. The van der Waals surface area contributed by atoms with Crippen molar-refractivity contribution in [2.24, 2.45) is 0 Å². The van der Waals surface area contributed by atoms with Gasteiger partial charge in [-0.3, -0.25) is 4.79 Å². The van der Waals surface area contributed by atoms with Gasteiger partial charge in [0.1, 0.15) is 6.07 Å². The summed E-state index contributed by atoms with van der Waals surface area (Å²) < 4.78 is 0. The Morgan fingerprint density at radius 2 is 1.81 bits per heavy atom. The Morgan fingerprint density at radius 3 is 2.50 bits per heavy atom. The van der Waals surface area contributed by atoms with Crippen LogP contribution in [0.15, 0.2) is 48.5 Å². The Balaban J connectivity index is 1.49. The van der Waals surface area contributed by atoms with Gasteiger partial charge in [0, 0.05) is 37.6 Å². The lowest BCUT2D eigenvalue weighted by Gasteiger charge is -2.36. The van der Waals surface area contributed by atoms with Crippen molar-refractivity contribution in [2.45, 2.75) is 19.3 Å². The lowest BCUT2D eigenvalue weighted by molar-refractivity contribution is -0.131. The van der Waals surface area contributed by atoms with E-state index in [4.69, 9.17) is 11.6 Å². The topological polar surface area (TPSA) is 47.3 Å². The summed E-state index contributed by atoms with van der Waals surface area (Å²) in [5, 5.41) is 9.87. The molecule has 1 fully saturated rings. The normalized spacial score (nSPS) is 14.2. The molecule has 2 aromatic carbocycles. The van der Waals surface area contributed by atoms with Crippen LogP contribution in [0.3, 0.4) is 0 Å². The second-order valence-electron chi connectivity index (χ2n) is 6.48. The first-order valence-corrected chi connectivity index (χ1v) is 9.31. The molecule has 1 aliphatic heterocycles. The second kappa shape index (κ2) is 8.73. The van der Waals surface area contributed by atoms with Gasteiger partial charge < -0.3 is 9.80 Å². The van der Waals surface area contributed by atoms with Crippen molar-refractivity contribution in [1.29, 1.82) is 5.26 Å². The molecule has 5 heteroatoms. The van der Waals surface area contributed by atoms with E-state index >= 15 is 0 Å². The Hall–Kier alpha value is -2.51. The molecule has 0 unspecified atom stereocenters. The third-order valence-corrected chi connectivity index (χ3v) is 4.99. The van der Waals surface area contributed by atoms with Gasteiger partial charge in [0.2, 0.25) is 5.91 Å². The lowest BCUT2D eigenvalue weighted by atomic mass is 10.1. The highest BCUT2D eigenvalue weighted by Gasteiger charge is 2.22. The van der Waals surface area contributed by atoms with Gasteiger partial charge in [-0.1, -0.05) is 41.9 Å². The van der Waals surface area contributed by atoms with Gasteiger partial charge in [0.05, 0.1) is 11.3 Å². The van der Waals surface area contributed by atoms with Gasteiger partial charge in [-0.2, -0.15) is 5.26 Å². The molecule has 1 amide bonds. The fraction of sp³-hybridized carbons (Fsp3) is 0.333. The molecule has 0 aliphatic carbocycles. The number of carbonyl (C=O) groups is 1. The Morgan fingerprint density at radius 1 is 1.08 bits per heavy atom. The van der Waals surface area contributed by atoms with Gasteiger partial charge in [-0.15, -0.1) is 0 Å². The molecule has 3 rings (SSSR count). The number of benzene rings is 2. The highest BCUT2D eigenvalue weighted by atomic mass is 35.5. The van der Waals surface area contributed by atoms with Crippen molar-refractivity contribution >= 4 is 23.2 Å². The van der Waals surface area contributed by atoms with Crippen LogP contribution < -0.4 is 4.90 Å². The summed E-state index contributed by atoms with van der Waals surface area (Å²) in [7, 11) is 0. The molecule has 1 heterocycles. The van der Waals surface area contributed by atoms with E-state index in [9.17, 15) is 10.1 Å². The predicted molar refractivity (Wildman–Crippen MR) is 104 cm³/mol. The van der Waals surface area contributed by atoms with Gasteiger partial charge >= 0.3 is 0 Å². The molecule has 1 saturated heterocycles. The monoisotopic (exact) mass is 367 g/mol. The minimum atomic E-state index is 0.220. The van der Waals surface area contributed by atoms with Crippen LogP contribution in [-0.2, 0) is 11.2 Å². The minimum absolute atomic E-state index is 0.220. The zero-order valence-electron chi connectivity index (χ0n) is 14.7. The van der Waals surface area contributed by atoms with Crippen molar-refractivity contribution in [3.63, 3.8) is 0 Å². The number of hydrogen-bond donors (Lipinski definition) is 0. The summed E-state index contributed by atoms with van der Waals surface area (Å²) in [6, 6.07) is 17.9. The van der Waals surface area contributed by atoms with Gasteiger partial charge in [-0.05, 0) is 36.6 Å². The molecule has 1 aliphatic rings. The maximum Gasteiger partial charge on any atom is 0.222 e. The van der Waals surface area contributed by atoms with Gasteiger partial charge in [-0.25, -0.2) is 0 Å². The van der Waals surface area contributed by atoms with Crippen LogP contribution >= 0.6 is 11.6 Å². The number of rotatable bonds is 5. The maximum atomic E-state index is 12.4. The first-order chi connectivity index (χ1) is 12.7. The average Bonchev–Trinajstić information content (AvgIpc) is 2.69. The number of anilines is 1. The van der Waals surface area contributed by atoms with Crippen molar-refractivity contribution in [1.82, 2.24) is 4.90 Å². The predicted octanol–water partition coefficient (Wildman–Crippen LogP) is 3.88. The van der Waals surface area contributed by atoms with Crippen molar-refractivity contribution < 1.29 is 4.79 Å². The maximum absolute atomic E-state index is 12.4. The van der Waals surface area contributed by atoms with E-state index in [0.29, 0.717) is 30.1 Å². The number of nitrogens with zero attached hydrogens (tertiary/aromatic N) is 3. The Bertz CT molecular complexity index is 793. The van der Waals surface area contributed by atoms with Crippen LogP contribution in [0.2, 0.25) is 5.02 Å². The summed E-state index contributed by atoms with van der Waals surface area (Å²) in [6.07, 6.45) is 2.39. The lowest BCUT2D eigenvalue weighted by Crippen LogP contribution is -2.49. The second-order valence-corrected chi connectivity index (χ2v) is 6.92. The first kappa shape index (κ1) is 18.3. The Labute approximate surface area is 159 Å². The molecule has 26 heavy (non-hydrogen) atoms. The number of hydrogen-bond acceptors (Lipinski definition) is 3. The molecule has 4 nitrogen and oxygen atoms in total. The van der Waals surface area contributed by atoms with Gasteiger partial charge in [0.25, 0.3) is 0 Å². The van der Waals surface area contributed by atoms with Crippen LogP contribution in [0.4, 0.5) is 5.69 Å². The highest BCUT2D eigenvalue weighted by Crippen LogP contribution is 2.25. The smallest absolute Gasteiger partial charge is 0.222 e. The number of carbonyl (C=O) groups excluding carboxylic acids is 1. The number of amides is 1. The van der Waals surface area contributed by atoms with E-state index in [1.54, 1.807) is 12.1 Å². The molecule has 0 spiro atoms. The molecule has 2 aromatic rings. The summed E-state index contributed by atoms with van der Waals surface area (Å²) in [6.45, 7) is 2.86. The Kier molecular flexibility index (Phi) is 6.14. The van der Waals surface area contributed by atoms with E-state index in [2.05, 4.69) is 23.1 Å². The first-order valence-electron chi connectivity index (χ1n) is 8.93. The summed E-state index contributed by atoms with van der Waals surface area (Å²) in [5.74, 6) is 0.220. The van der Waals surface area contributed by atoms with Gasteiger partial charge in [0.15, 0.2) is 0 Å². The quantitative estimate of drug-likeness (QED) is 0.805. The zero-order valence-corrected chi connectivity index (χ0v) is 15.5. The van der Waals surface area contributed by atoms with E-state index in [1.807, 2.05) is 29.2 Å².